The van der Waals surface area contributed by atoms with Crippen molar-refractivity contribution >= 4 is 5.78 Å². The Balaban J connectivity index is 1.53. The number of ether oxygens (including phenoxy) is 3. The Morgan fingerprint density at radius 3 is 2.67 bits per heavy atom. The van der Waals surface area contributed by atoms with Crippen molar-refractivity contribution in [1.82, 2.24) is 0 Å². The van der Waals surface area contributed by atoms with E-state index < -0.39 is 37.3 Å². The van der Waals surface area contributed by atoms with Crippen LogP contribution >= 0.6 is 0 Å². The molecule has 0 unspecified atom stereocenters. The lowest BCUT2D eigenvalue weighted by Gasteiger charge is -2.39. The van der Waals surface area contributed by atoms with Crippen LogP contribution in [0.1, 0.15) is 33.5 Å². The van der Waals surface area contributed by atoms with Crippen LogP contribution in [0.2, 0.25) is 0 Å². The molecule has 178 valence electrons. The van der Waals surface area contributed by atoms with Gasteiger partial charge in [0, 0.05) is 12.8 Å². The van der Waals surface area contributed by atoms with Crippen LogP contribution in [0.25, 0.3) is 0 Å². The molecular formula is C24H28O9. The maximum absolute atomic E-state index is 13.1. The molecular weight excluding hydrogens is 432 g/mol. The lowest BCUT2D eigenvalue weighted by atomic mass is 9.98. The van der Waals surface area contributed by atoms with Crippen molar-refractivity contribution in [3.8, 4) is 17.2 Å². The average molecular weight is 460 g/mol. The maximum atomic E-state index is 13.1. The number of ketones is 1. The summed E-state index contributed by atoms with van der Waals surface area (Å²) in [5.41, 5.74) is 2.60. The van der Waals surface area contributed by atoms with Gasteiger partial charge in [-0.3, -0.25) is 4.79 Å². The number of phenols is 1. The first-order valence-electron chi connectivity index (χ1n) is 10.9. The van der Waals surface area contributed by atoms with Gasteiger partial charge in [-0.15, -0.1) is 0 Å². The molecule has 0 amide bonds. The van der Waals surface area contributed by atoms with Crippen LogP contribution in [0.5, 0.6) is 17.2 Å². The molecule has 33 heavy (non-hydrogen) atoms. The molecule has 4 rings (SSSR count). The number of Topliss-reactive ketones (excluding diaryl/α,β-unsaturated/α-hetero) is 1. The van der Waals surface area contributed by atoms with E-state index in [1.165, 1.54) is 12.1 Å². The molecule has 5 N–H and O–H groups in total. The minimum absolute atomic E-state index is 0.0239. The molecule has 0 aromatic heterocycles. The van der Waals surface area contributed by atoms with E-state index >= 15 is 0 Å². The highest BCUT2D eigenvalue weighted by molar-refractivity contribution is 6.01. The minimum atomic E-state index is -1.64. The fraction of sp³-hybridized carbons (Fsp3) is 0.458. The normalized spacial score (nSPS) is 26.5. The Bertz CT molecular complexity index is 1020. The predicted octanol–water partition coefficient (Wildman–Crippen LogP) is 0.630. The quantitative estimate of drug-likeness (QED) is 0.376. The molecule has 0 spiro atoms. The molecule has 1 saturated heterocycles. The van der Waals surface area contributed by atoms with Crippen molar-refractivity contribution in [3.63, 3.8) is 0 Å². The highest BCUT2D eigenvalue weighted by atomic mass is 16.7. The second-order valence-electron chi connectivity index (χ2n) is 8.44. The zero-order valence-electron chi connectivity index (χ0n) is 18.2. The summed E-state index contributed by atoms with van der Waals surface area (Å²) in [6.07, 6.45) is -6.05. The van der Waals surface area contributed by atoms with E-state index in [4.69, 9.17) is 14.2 Å². The maximum Gasteiger partial charge on any atom is 0.229 e. The van der Waals surface area contributed by atoms with E-state index in [9.17, 15) is 30.3 Å². The van der Waals surface area contributed by atoms with Crippen LogP contribution in [0, 0.1) is 6.92 Å². The van der Waals surface area contributed by atoms with E-state index in [0.29, 0.717) is 18.6 Å². The first-order chi connectivity index (χ1) is 15.8. The lowest BCUT2D eigenvalue weighted by molar-refractivity contribution is -0.277. The molecule has 9 nitrogen and oxygen atoms in total. The second-order valence-corrected chi connectivity index (χ2v) is 8.44. The number of carbonyl (C=O) groups excluding carboxylic acids is 1. The lowest BCUT2D eigenvalue weighted by Crippen LogP contribution is -2.60. The van der Waals surface area contributed by atoms with Gasteiger partial charge in [-0.1, -0.05) is 12.1 Å². The summed E-state index contributed by atoms with van der Waals surface area (Å²) in [5, 5.41) is 50.1. The fourth-order valence-corrected chi connectivity index (χ4v) is 4.18. The van der Waals surface area contributed by atoms with E-state index in [1.54, 1.807) is 6.92 Å². The number of aliphatic hydroxyl groups excluding tert-OH is 4. The Morgan fingerprint density at radius 1 is 1.12 bits per heavy atom. The first kappa shape index (κ1) is 23.5. The van der Waals surface area contributed by atoms with E-state index in [2.05, 4.69) is 0 Å². The van der Waals surface area contributed by atoms with Crippen LogP contribution in [0.15, 0.2) is 30.3 Å². The van der Waals surface area contributed by atoms with Gasteiger partial charge in [-0.05, 0) is 48.2 Å². The predicted molar refractivity (Wildman–Crippen MR) is 116 cm³/mol. The highest BCUT2D eigenvalue weighted by Gasteiger charge is 2.45. The van der Waals surface area contributed by atoms with Gasteiger partial charge in [0.15, 0.2) is 5.78 Å². The molecule has 2 aromatic rings. The highest BCUT2D eigenvalue weighted by Crippen LogP contribution is 2.34. The number of fused-ring (bicyclic) bond motifs is 1. The van der Waals surface area contributed by atoms with Gasteiger partial charge in [0.2, 0.25) is 6.29 Å². The molecule has 5 atom stereocenters. The molecule has 0 saturated carbocycles. The van der Waals surface area contributed by atoms with Crippen molar-refractivity contribution in [2.45, 2.75) is 56.9 Å². The van der Waals surface area contributed by atoms with Gasteiger partial charge in [0.25, 0.3) is 0 Å². The average Bonchev–Trinajstić information content (AvgIpc) is 3.25. The second kappa shape index (κ2) is 9.66. The van der Waals surface area contributed by atoms with Crippen molar-refractivity contribution < 1.29 is 44.5 Å². The topological polar surface area (TPSA) is 146 Å². The number of aryl methyl sites for hydroxylation is 2. The summed E-state index contributed by atoms with van der Waals surface area (Å²) in [7, 11) is 0. The van der Waals surface area contributed by atoms with Crippen LogP contribution in [-0.4, -0.2) is 75.2 Å². The third kappa shape index (κ3) is 4.83. The molecule has 2 aliphatic rings. The summed E-state index contributed by atoms with van der Waals surface area (Å²) in [6.45, 7) is 1.73. The molecule has 0 bridgehead atoms. The summed E-state index contributed by atoms with van der Waals surface area (Å²) in [4.78, 5) is 13.1. The SMILES string of the molecule is Cc1cc(O)c(C(=O)CCc2ccc3c(c2)CCO3)c(O[C@@H]2O[C@H](CO)[C@@H](O)[C@H](O)[C@H]2O)c1. The Kier molecular flexibility index (Phi) is 6.87. The van der Waals surface area contributed by atoms with Crippen LogP contribution in [0.4, 0.5) is 0 Å². The fourth-order valence-electron chi connectivity index (χ4n) is 4.18. The number of carbonyl (C=O) groups is 1. The number of aromatic hydroxyl groups is 1. The van der Waals surface area contributed by atoms with Crippen molar-refractivity contribution in [1.29, 1.82) is 0 Å². The van der Waals surface area contributed by atoms with Crippen LogP contribution in [0.3, 0.4) is 0 Å². The van der Waals surface area contributed by atoms with Crippen molar-refractivity contribution in [2.75, 3.05) is 13.2 Å². The smallest absolute Gasteiger partial charge is 0.229 e. The summed E-state index contributed by atoms with van der Waals surface area (Å²) in [5.74, 6) is 0.187. The largest absolute Gasteiger partial charge is 0.507 e. The molecule has 2 aromatic carbocycles. The standard InChI is InChI=1S/C24H28O9/c1-12-8-16(27)20(15(26)4-2-13-3-5-17-14(10-13)6-7-31-17)18(9-12)32-24-23(30)22(29)21(28)19(11-25)33-24/h3,5,8-10,19,21-25,27-30H,2,4,6-7,11H2,1H3/t19-,21-,22+,23-,24-/m1/s1. The summed E-state index contributed by atoms with van der Waals surface area (Å²) < 4.78 is 16.6. The monoisotopic (exact) mass is 460 g/mol. The first-order valence-corrected chi connectivity index (χ1v) is 10.9. The number of phenolic OH excluding ortho intramolecular Hbond substituents is 1. The summed E-state index contributed by atoms with van der Waals surface area (Å²) in [6, 6.07) is 8.74. The van der Waals surface area contributed by atoms with Gasteiger partial charge < -0.3 is 39.7 Å². The number of rotatable bonds is 7. The molecule has 9 heteroatoms. The van der Waals surface area contributed by atoms with Crippen LogP contribution < -0.4 is 9.47 Å². The summed E-state index contributed by atoms with van der Waals surface area (Å²) >= 11 is 0. The number of hydrogen-bond donors (Lipinski definition) is 5. The minimum Gasteiger partial charge on any atom is -0.507 e. The third-order valence-electron chi connectivity index (χ3n) is 5.99. The number of aliphatic hydroxyl groups is 4. The zero-order chi connectivity index (χ0) is 23.7. The van der Waals surface area contributed by atoms with Crippen molar-refractivity contribution in [3.05, 3.63) is 52.6 Å². The molecule has 0 radical (unpaired) electrons. The van der Waals surface area contributed by atoms with Gasteiger partial charge >= 0.3 is 0 Å². The molecule has 0 aliphatic carbocycles. The van der Waals surface area contributed by atoms with Gasteiger partial charge in [-0.25, -0.2) is 0 Å². The van der Waals surface area contributed by atoms with E-state index in [0.717, 1.165) is 23.3 Å². The Hall–Kier alpha value is -2.69. The van der Waals surface area contributed by atoms with Crippen molar-refractivity contribution in [2.24, 2.45) is 0 Å². The Labute approximate surface area is 190 Å². The van der Waals surface area contributed by atoms with Gasteiger partial charge in [0.05, 0.1) is 13.2 Å². The molecule has 2 aliphatic heterocycles. The van der Waals surface area contributed by atoms with Gasteiger partial charge in [-0.2, -0.15) is 0 Å². The zero-order valence-corrected chi connectivity index (χ0v) is 18.2. The third-order valence-corrected chi connectivity index (χ3v) is 5.99. The number of hydrogen-bond acceptors (Lipinski definition) is 9. The van der Waals surface area contributed by atoms with E-state index in [1.807, 2.05) is 18.2 Å². The van der Waals surface area contributed by atoms with Gasteiger partial charge in [0.1, 0.15) is 47.2 Å². The molecule has 2 heterocycles. The molecule has 1 fully saturated rings. The number of benzene rings is 2. The van der Waals surface area contributed by atoms with Crippen LogP contribution in [-0.2, 0) is 17.6 Å². The van der Waals surface area contributed by atoms with E-state index in [-0.39, 0.29) is 29.3 Å². The Morgan fingerprint density at radius 2 is 1.91 bits per heavy atom.